The highest BCUT2D eigenvalue weighted by atomic mass is 16.4. The van der Waals surface area contributed by atoms with Gasteiger partial charge in [0.15, 0.2) is 0 Å². The molecule has 1 aromatic carbocycles. The molecule has 116 valence electrons. The maximum atomic E-state index is 12.5. The molecule has 0 saturated carbocycles. The second-order valence-corrected chi connectivity index (χ2v) is 6.45. The van der Waals surface area contributed by atoms with Crippen LogP contribution in [0.2, 0.25) is 0 Å². The van der Waals surface area contributed by atoms with Crippen molar-refractivity contribution in [2.75, 3.05) is 18.5 Å². The molecular weight excluding hydrogens is 268 g/mol. The molecule has 21 heavy (non-hydrogen) atoms. The number of carbonyl (C=O) groups is 2. The van der Waals surface area contributed by atoms with E-state index in [4.69, 9.17) is 10.8 Å². The third-order valence-corrected chi connectivity index (χ3v) is 3.32. The van der Waals surface area contributed by atoms with Crippen LogP contribution in [0.5, 0.6) is 0 Å². The number of rotatable bonds is 5. The van der Waals surface area contributed by atoms with E-state index in [0.29, 0.717) is 18.7 Å². The molecule has 1 unspecified atom stereocenters. The molecule has 0 radical (unpaired) electrons. The zero-order chi connectivity index (χ0) is 16.2. The van der Waals surface area contributed by atoms with E-state index in [9.17, 15) is 9.59 Å². The van der Waals surface area contributed by atoms with Gasteiger partial charge in [-0.15, -0.1) is 0 Å². The number of carbonyl (C=O) groups excluding carboxylic acids is 1. The number of amides is 1. The molecule has 3 N–H and O–H groups in total. The summed E-state index contributed by atoms with van der Waals surface area (Å²) in [4.78, 5) is 24.9. The largest absolute Gasteiger partial charge is 0.478 e. The number of aromatic carboxylic acids is 1. The smallest absolute Gasteiger partial charge is 0.335 e. The quantitative estimate of drug-likeness (QED) is 0.872. The fourth-order valence-corrected chi connectivity index (χ4v) is 2.24. The zero-order valence-electron chi connectivity index (χ0n) is 13.1. The molecule has 0 fully saturated rings. The predicted octanol–water partition coefficient (Wildman–Crippen LogP) is 2.36. The lowest BCUT2D eigenvalue weighted by Gasteiger charge is -2.28. The molecule has 5 heteroatoms. The van der Waals surface area contributed by atoms with Gasteiger partial charge in [0.05, 0.1) is 11.5 Å². The lowest BCUT2D eigenvalue weighted by molar-refractivity contribution is -0.122. The van der Waals surface area contributed by atoms with Crippen LogP contribution in [-0.4, -0.2) is 30.6 Å². The minimum Gasteiger partial charge on any atom is -0.478 e. The Kier molecular flexibility index (Phi) is 5.49. The average molecular weight is 292 g/mol. The van der Waals surface area contributed by atoms with Crippen LogP contribution in [0.1, 0.15) is 37.6 Å². The van der Waals surface area contributed by atoms with E-state index in [2.05, 4.69) is 20.8 Å². The standard InChI is InChI=1S/C16H24N2O3/c1-16(2,3)9-12(10-17)14(19)18(4)13-7-5-11(6-8-13)15(20)21/h5-8,12H,9-10,17H2,1-4H3,(H,20,21). The first-order valence-corrected chi connectivity index (χ1v) is 6.96. The second kappa shape index (κ2) is 6.72. The molecule has 1 atom stereocenters. The molecule has 0 spiro atoms. The van der Waals surface area contributed by atoms with Crippen molar-refractivity contribution in [3.05, 3.63) is 29.8 Å². The summed E-state index contributed by atoms with van der Waals surface area (Å²) in [6.45, 7) is 6.52. The molecule has 0 aliphatic carbocycles. The summed E-state index contributed by atoms with van der Waals surface area (Å²) in [5, 5.41) is 8.88. The zero-order valence-corrected chi connectivity index (χ0v) is 13.1. The van der Waals surface area contributed by atoms with Gasteiger partial charge >= 0.3 is 5.97 Å². The predicted molar refractivity (Wildman–Crippen MR) is 83.4 cm³/mol. The lowest BCUT2D eigenvalue weighted by atomic mass is 9.84. The number of nitrogens with zero attached hydrogens (tertiary/aromatic N) is 1. The first-order valence-electron chi connectivity index (χ1n) is 6.96. The van der Waals surface area contributed by atoms with Gasteiger partial charge in [-0.05, 0) is 36.1 Å². The van der Waals surface area contributed by atoms with Crippen LogP contribution >= 0.6 is 0 Å². The van der Waals surface area contributed by atoms with E-state index in [0.717, 1.165) is 0 Å². The molecule has 0 saturated heterocycles. The SMILES string of the molecule is CN(C(=O)C(CN)CC(C)(C)C)c1ccc(C(=O)O)cc1. The minimum absolute atomic E-state index is 0.0215. The summed E-state index contributed by atoms with van der Waals surface area (Å²) in [5.74, 6) is -1.27. The summed E-state index contributed by atoms with van der Waals surface area (Å²) < 4.78 is 0. The molecule has 0 aliphatic rings. The molecule has 1 aromatic rings. The highest BCUT2D eigenvalue weighted by Gasteiger charge is 2.26. The van der Waals surface area contributed by atoms with Crippen LogP contribution < -0.4 is 10.6 Å². The Labute approximate surface area is 125 Å². The number of benzene rings is 1. The Morgan fingerprint density at radius 2 is 1.76 bits per heavy atom. The van der Waals surface area contributed by atoms with E-state index in [1.54, 1.807) is 19.2 Å². The van der Waals surface area contributed by atoms with Crippen LogP contribution in [0, 0.1) is 11.3 Å². The van der Waals surface area contributed by atoms with Crippen LogP contribution in [0.4, 0.5) is 5.69 Å². The summed E-state index contributed by atoms with van der Waals surface area (Å²) >= 11 is 0. The van der Waals surface area contributed by atoms with Gasteiger partial charge in [-0.2, -0.15) is 0 Å². The molecule has 0 aliphatic heterocycles. The monoisotopic (exact) mass is 292 g/mol. The third-order valence-electron chi connectivity index (χ3n) is 3.32. The number of hydrogen-bond donors (Lipinski definition) is 2. The van der Waals surface area contributed by atoms with Gasteiger partial charge in [0.2, 0.25) is 5.91 Å². The van der Waals surface area contributed by atoms with Crippen LogP contribution in [0.25, 0.3) is 0 Å². The van der Waals surface area contributed by atoms with Crippen LogP contribution in [0.3, 0.4) is 0 Å². The topological polar surface area (TPSA) is 83.6 Å². The van der Waals surface area contributed by atoms with Gasteiger partial charge in [0, 0.05) is 19.3 Å². The van der Waals surface area contributed by atoms with E-state index < -0.39 is 5.97 Å². The highest BCUT2D eigenvalue weighted by Crippen LogP contribution is 2.26. The molecule has 1 amide bonds. The Morgan fingerprint density at radius 3 is 2.14 bits per heavy atom. The van der Waals surface area contributed by atoms with Crippen LogP contribution in [0.15, 0.2) is 24.3 Å². The van der Waals surface area contributed by atoms with Gasteiger partial charge in [0.1, 0.15) is 0 Å². The number of anilines is 1. The van der Waals surface area contributed by atoms with E-state index in [1.807, 2.05) is 0 Å². The average Bonchev–Trinajstić information content (AvgIpc) is 2.42. The van der Waals surface area contributed by atoms with Gasteiger partial charge in [-0.25, -0.2) is 4.79 Å². The summed E-state index contributed by atoms with van der Waals surface area (Å²) in [6.07, 6.45) is 0.708. The van der Waals surface area contributed by atoms with E-state index >= 15 is 0 Å². The van der Waals surface area contributed by atoms with Crippen molar-refractivity contribution < 1.29 is 14.7 Å². The van der Waals surface area contributed by atoms with Crippen molar-refractivity contribution in [3.63, 3.8) is 0 Å². The third kappa shape index (κ3) is 4.86. The second-order valence-electron chi connectivity index (χ2n) is 6.45. The molecule has 0 bridgehead atoms. The molecule has 5 nitrogen and oxygen atoms in total. The van der Waals surface area contributed by atoms with E-state index in [-0.39, 0.29) is 22.8 Å². The van der Waals surface area contributed by atoms with E-state index in [1.165, 1.54) is 17.0 Å². The van der Waals surface area contributed by atoms with Crippen LogP contribution in [-0.2, 0) is 4.79 Å². The summed E-state index contributed by atoms with van der Waals surface area (Å²) in [6, 6.07) is 6.24. The Bertz CT molecular complexity index is 503. The maximum absolute atomic E-state index is 12.5. The first-order chi connectivity index (χ1) is 9.65. The fraction of sp³-hybridized carbons (Fsp3) is 0.500. The van der Waals surface area contributed by atoms with Crippen molar-refractivity contribution >= 4 is 17.6 Å². The number of carboxylic acid groups (broad SMARTS) is 1. The van der Waals surface area contributed by atoms with Gasteiger partial charge in [-0.1, -0.05) is 20.8 Å². The molecule has 1 rings (SSSR count). The summed E-state index contributed by atoms with van der Waals surface area (Å²) in [5.41, 5.74) is 6.62. The van der Waals surface area contributed by atoms with Crippen molar-refractivity contribution in [2.45, 2.75) is 27.2 Å². The molecule has 0 aromatic heterocycles. The Balaban J connectivity index is 2.87. The highest BCUT2D eigenvalue weighted by molar-refractivity contribution is 5.95. The van der Waals surface area contributed by atoms with Gasteiger partial charge in [0.25, 0.3) is 0 Å². The number of hydrogen-bond acceptors (Lipinski definition) is 3. The van der Waals surface area contributed by atoms with Gasteiger partial charge in [-0.3, -0.25) is 4.79 Å². The normalized spacial score (nSPS) is 12.8. The van der Waals surface area contributed by atoms with Crippen molar-refractivity contribution in [3.8, 4) is 0 Å². The first kappa shape index (κ1) is 17.2. The molecule has 0 heterocycles. The lowest BCUT2D eigenvalue weighted by Crippen LogP contribution is -2.38. The number of nitrogens with two attached hydrogens (primary N) is 1. The van der Waals surface area contributed by atoms with Gasteiger partial charge < -0.3 is 15.7 Å². The Hall–Kier alpha value is -1.88. The fourth-order valence-electron chi connectivity index (χ4n) is 2.24. The number of carboxylic acids is 1. The van der Waals surface area contributed by atoms with Crippen molar-refractivity contribution in [1.82, 2.24) is 0 Å². The van der Waals surface area contributed by atoms with Crippen molar-refractivity contribution in [2.24, 2.45) is 17.1 Å². The Morgan fingerprint density at radius 1 is 1.24 bits per heavy atom. The molecular formula is C16H24N2O3. The maximum Gasteiger partial charge on any atom is 0.335 e. The minimum atomic E-state index is -0.983. The van der Waals surface area contributed by atoms with Crippen molar-refractivity contribution in [1.29, 1.82) is 0 Å². The summed E-state index contributed by atoms with van der Waals surface area (Å²) in [7, 11) is 1.68.